The highest BCUT2D eigenvalue weighted by atomic mass is 16.3. The molecule has 0 radical (unpaired) electrons. The first-order valence-corrected chi connectivity index (χ1v) is 6.33. The van der Waals surface area contributed by atoms with E-state index in [0.717, 1.165) is 5.76 Å². The zero-order valence-electron chi connectivity index (χ0n) is 11.8. The highest BCUT2D eigenvalue weighted by molar-refractivity contribution is 5.42. The summed E-state index contributed by atoms with van der Waals surface area (Å²) in [4.78, 5) is 0. The van der Waals surface area contributed by atoms with Gasteiger partial charge in [0.2, 0.25) is 0 Å². The summed E-state index contributed by atoms with van der Waals surface area (Å²) < 4.78 is 5.42. The Hall–Kier alpha value is -1.54. The predicted octanol–water partition coefficient (Wildman–Crippen LogP) is 3.82. The summed E-state index contributed by atoms with van der Waals surface area (Å²) in [6.07, 6.45) is 1.84. The van der Waals surface area contributed by atoms with Crippen LogP contribution >= 0.6 is 0 Å². The van der Waals surface area contributed by atoms with E-state index in [1.807, 2.05) is 20.2 Å². The topological polar surface area (TPSA) is 25.2 Å². The van der Waals surface area contributed by atoms with Gasteiger partial charge in [0.1, 0.15) is 5.76 Å². The Kier molecular flexibility index (Phi) is 3.58. The van der Waals surface area contributed by atoms with Gasteiger partial charge in [0.15, 0.2) is 0 Å². The van der Waals surface area contributed by atoms with Crippen molar-refractivity contribution in [2.75, 3.05) is 7.05 Å². The van der Waals surface area contributed by atoms with Crippen LogP contribution in [0.2, 0.25) is 0 Å². The lowest BCUT2D eigenvalue weighted by molar-refractivity contribution is 0.527. The average molecular weight is 243 g/mol. The molecule has 1 aromatic carbocycles. The van der Waals surface area contributed by atoms with Crippen LogP contribution in [0.15, 0.2) is 28.9 Å². The van der Waals surface area contributed by atoms with Crippen molar-refractivity contribution < 1.29 is 4.42 Å². The maximum Gasteiger partial charge on any atom is 0.101 e. The summed E-state index contributed by atoms with van der Waals surface area (Å²) in [6, 6.07) is 6.81. The molecule has 0 aliphatic heterocycles. The molecule has 2 aromatic rings. The Morgan fingerprint density at radius 2 is 1.61 bits per heavy atom. The second-order valence-corrected chi connectivity index (χ2v) is 5.01. The molecule has 0 fully saturated rings. The third-order valence-corrected chi connectivity index (χ3v) is 3.57. The fourth-order valence-electron chi connectivity index (χ4n) is 2.41. The number of hydrogen-bond donors (Lipinski definition) is 1. The number of rotatable bonds is 3. The summed E-state index contributed by atoms with van der Waals surface area (Å²) in [6.45, 7) is 8.45. The van der Waals surface area contributed by atoms with Crippen LogP contribution in [0.4, 0.5) is 0 Å². The van der Waals surface area contributed by atoms with Crippen LogP contribution in [0, 0.1) is 27.7 Å². The number of furan rings is 1. The van der Waals surface area contributed by atoms with Crippen molar-refractivity contribution in [2.45, 2.75) is 33.7 Å². The van der Waals surface area contributed by atoms with Crippen molar-refractivity contribution >= 4 is 0 Å². The van der Waals surface area contributed by atoms with Crippen LogP contribution in [-0.2, 0) is 0 Å². The molecule has 96 valence electrons. The summed E-state index contributed by atoms with van der Waals surface area (Å²) in [5, 5.41) is 3.38. The minimum absolute atomic E-state index is 0.196. The monoisotopic (exact) mass is 243 g/mol. The predicted molar refractivity (Wildman–Crippen MR) is 75.0 cm³/mol. The number of aryl methyl sites for hydroxylation is 4. The molecule has 2 rings (SSSR count). The molecular formula is C16H21NO. The molecule has 0 aliphatic rings. The van der Waals surface area contributed by atoms with E-state index in [9.17, 15) is 0 Å². The summed E-state index contributed by atoms with van der Waals surface area (Å²) >= 11 is 0. The summed E-state index contributed by atoms with van der Waals surface area (Å²) in [5.74, 6) is 0.951. The van der Waals surface area contributed by atoms with Gasteiger partial charge in [-0.15, -0.1) is 0 Å². The molecule has 2 heteroatoms. The minimum atomic E-state index is 0.196. The first-order valence-electron chi connectivity index (χ1n) is 6.33. The van der Waals surface area contributed by atoms with E-state index >= 15 is 0 Å². The number of nitrogens with one attached hydrogen (secondary N) is 1. The van der Waals surface area contributed by atoms with Crippen molar-refractivity contribution in [1.82, 2.24) is 5.32 Å². The second kappa shape index (κ2) is 4.99. The van der Waals surface area contributed by atoms with E-state index in [-0.39, 0.29) is 6.04 Å². The molecule has 0 spiro atoms. The average Bonchev–Trinajstić information content (AvgIpc) is 2.73. The van der Waals surface area contributed by atoms with Crippen LogP contribution < -0.4 is 5.32 Å². The van der Waals surface area contributed by atoms with E-state index in [1.54, 1.807) is 0 Å². The van der Waals surface area contributed by atoms with E-state index in [0.29, 0.717) is 0 Å². The zero-order valence-corrected chi connectivity index (χ0v) is 11.8. The molecule has 0 bridgehead atoms. The van der Waals surface area contributed by atoms with Gasteiger partial charge in [0.05, 0.1) is 12.3 Å². The van der Waals surface area contributed by atoms with Crippen molar-refractivity contribution in [3.8, 4) is 0 Å². The molecule has 0 amide bonds. The third kappa shape index (κ3) is 2.34. The number of hydrogen-bond acceptors (Lipinski definition) is 2. The van der Waals surface area contributed by atoms with Gasteiger partial charge in [-0.2, -0.15) is 0 Å². The van der Waals surface area contributed by atoms with Crippen molar-refractivity contribution in [3.63, 3.8) is 0 Å². The van der Waals surface area contributed by atoms with Gasteiger partial charge >= 0.3 is 0 Å². The summed E-state index contributed by atoms with van der Waals surface area (Å²) in [7, 11) is 1.99. The van der Waals surface area contributed by atoms with Crippen LogP contribution in [0.5, 0.6) is 0 Å². The van der Waals surface area contributed by atoms with Gasteiger partial charge in [-0.05, 0) is 63.1 Å². The van der Waals surface area contributed by atoms with Crippen LogP contribution in [-0.4, -0.2) is 7.05 Å². The lowest BCUT2D eigenvalue weighted by Crippen LogP contribution is -2.18. The van der Waals surface area contributed by atoms with Crippen molar-refractivity contribution in [3.05, 3.63) is 58.0 Å². The lowest BCUT2D eigenvalue weighted by Gasteiger charge is -2.19. The van der Waals surface area contributed by atoms with Gasteiger partial charge in [0.25, 0.3) is 0 Å². The Labute approximate surface area is 109 Å². The lowest BCUT2D eigenvalue weighted by atomic mass is 9.93. The molecule has 1 unspecified atom stereocenters. The minimum Gasteiger partial charge on any atom is -0.469 e. The van der Waals surface area contributed by atoms with Crippen LogP contribution in [0.3, 0.4) is 0 Å². The zero-order chi connectivity index (χ0) is 13.3. The van der Waals surface area contributed by atoms with E-state index in [1.165, 1.54) is 27.8 Å². The molecule has 1 N–H and O–H groups in total. The maximum atomic E-state index is 5.42. The third-order valence-electron chi connectivity index (χ3n) is 3.57. The largest absolute Gasteiger partial charge is 0.469 e. The Morgan fingerprint density at radius 3 is 2.17 bits per heavy atom. The maximum absolute atomic E-state index is 5.42. The highest BCUT2D eigenvalue weighted by Crippen LogP contribution is 2.28. The quantitative estimate of drug-likeness (QED) is 0.886. The molecule has 1 aromatic heterocycles. The second-order valence-electron chi connectivity index (χ2n) is 5.01. The fraction of sp³-hybridized carbons (Fsp3) is 0.375. The molecule has 2 nitrogen and oxygen atoms in total. The fourth-order valence-corrected chi connectivity index (χ4v) is 2.41. The Morgan fingerprint density at radius 1 is 0.944 bits per heavy atom. The van der Waals surface area contributed by atoms with Crippen LogP contribution in [0.25, 0.3) is 0 Å². The SMILES string of the molecule is CNC(c1coc(C)c1)c1cc(C)c(C)cc1C. The Balaban J connectivity index is 2.48. The molecule has 0 saturated carbocycles. The van der Waals surface area contributed by atoms with Gasteiger partial charge < -0.3 is 9.73 Å². The van der Waals surface area contributed by atoms with E-state index < -0.39 is 0 Å². The van der Waals surface area contributed by atoms with Gasteiger partial charge in [-0.1, -0.05) is 12.1 Å². The van der Waals surface area contributed by atoms with Crippen LogP contribution in [0.1, 0.15) is 39.6 Å². The van der Waals surface area contributed by atoms with Gasteiger partial charge in [0, 0.05) is 5.56 Å². The summed E-state index contributed by atoms with van der Waals surface area (Å²) in [5.41, 5.74) is 6.49. The first kappa shape index (κ1) is 12.9. The molecule has 1 atom stereocenters. The van der Waals surface area contributed by atoms with Gasteiger partial charge in [-0.25, -0.2) is 0 Å². The smallest absolute Gasteiger partial charge is 0.101 e. The number of benzene rings is 1. The molecule has 1 heterocycles. The first-order chi connectivity index (χ1) is 8.52. The van der Waals surface area contributed by atoms with Crippen molar-refractivity contribution in [1.29, 1.82) is 0 Å². The Bertz CT molecular complexity index is 554. The molecule has 0 aliphatic carbocycles. The standard InChI is InChI=1S/C16H21NO/c1-10-6-12(3)15(7-11(10)2)16(17-5)14-8-13(4)18-9-14/h6-9,16-17H,1-5H3. The van der Waals surface area contributed by atoms with E-state index in [2.05, 4.69) is 44.3 Å². The van der Waals surface area contributed by atoms with E-state index in [4.69, 9.17) is 4.42 Å². The van der Waals surface area contributed by atoms with Crippen molar-refractivity contribution in [2.24, 2.45) is 0 Å². The molecular weight excluding hydrogens is 222 g/mol. The highest BCUT2D eigenvalue weighted by Gasteiger charge is 2.16. The molecule has 0 saturated heterocycles. The van der Waals surface area contributed by atoms with Gasteiger partial charge in [-0.3, -0.25) is 0 Å². The molecule has 18 heavy (non-hydrogen) atoms. The normalized spacial score (nSPS) is 12.7.